The molecule has 1 heterocycles. The zero-order valence-corrected chi connectivity index (χ0v) is 11.5. The molecule has 5 nitrogen and oxygen atoms in total. The minimum atomic E-state index is -4.27. The Labute approximate surface area is 112 Å². The number of halogens is 3. The quantitative estimate of drug-likeness (QED) is 0.781. The summed E-state index contributed by atoms with van der Waals surface area (Å²) in [4.78, 5) is 11.5. The molecule has 0 aliphatic rings. The van der Waals surface area contributed by atoms with Crippen LogP contribution in [0.4, 0.5) is 13.2 Å². The van der Waals surface area contributed by atoms with E-state index in [4.69, 9.17) is 0 Å². The number of aryl methyl sites for hydroxylation is 1. The third kappa shape index (κ3) is 4.41. The number of carbonyl (C=O) groups is 1. The van der Waals surface area contributed by atoms with Gasteiger partial charge in [-0.15, -0.1) is 5.10 Å². The van der Waals surface area contributed by atoms with Gasteiger partial charge in [0.05, 0.1) is 19.3 Å². The second-order valence-corrected chi connectivity index (χ2v) is 5.15. The van der Waals surface area contributed by atoms with Crippen molar-refractivity contribution in [2.75, 3.05) is 12.9 Å². The molecule has 1 aromatic rings. The summed E-state index contributed by atoms with van der Waals surface area (Å²) in [5, 5.41) is 7.38. The molecular weight excluding hydrogens is 283 g/mol. The van der Waals surface area contributed by atoms with Crippen LogP contribution in [-0.4, -0.2) is 39.3 Å². The van der Waals surface area contributed by atoms with Crippen LogP contribution in [0.5, 0.6) is 0 Å². The molecular formula is C10H14F3N3O2S. The maximum atomic E-state index is 12.0. The molecule has 0 radical (unpaired) electrons. The number of ether oxygens (including phenoxy) is 1. The van der Waals surface area contributed by atoms with E-state index in [1.165, 1.54) is 11.8 Å². The summed E-state index contributed by atoms with van der Waals surface area (Å²) < 4.78 is 42.0. The summed E-state index contributed by atoms with van der Waals surface area (Å²) in [5.74, 6) is -0.925. The molecule has 0 unspecified atom stereocenters. The molecule has 0 atom stereocenters. The summed E-state index contributed by atoms with van der Waals surface area (Å²) in [5.41, 5.74) is -3.74. The van der Waals surface area contributed by atoms with Crippen molar-refractivity contribution in [3.8, 4) is 0 Å². The van der Waals surface area contributed by atoms with E-state index in [2.05, 4.69) is 15.0 Å². The predicted molar refractivity (Wildman–Crippen MR) is 64.0 cm³/mol. The highest BCUT2D eigenvalue weighted by Crippen LogP contribution is 2.30. The second-order valence-electron chi connectivity index (χ2n) is 3.99. The van der Waals surface area contributed by atoms with Crippen LogP contribution in [0.1, 0.15) is 35.9 Å². The van der Waals surface area contributed by atoms with Crippen molar-refractivity contribution in [3.05, 3.63) is 11.4 Å². The molecule has 19 heavy (non-hydrogen) atoms. The van der Waals surface area contributed by atoms with Crippen molar-refractivity contribution in [1.82, 2.24) is 15.0 Å². The zero-order chi connectivity index (χ0) is 14.6. The fourth-order valence-corrected chi connectivity index (χ4v) is 2.04. The van der Waals surface area contributed by atoms with E-state index >= 15 is 0 Å². The lowest BCUT2D eigenvalue weighted by Crippen LogP contribution is -2.13. The highest BCUT2D eigenvalue weighted by Gasteiger charge is 2.28. The lowest BCUT2D eigenvalue weighted by Gasteiger charge is -2.10. The smallest absolute Gasteiger partial charge is 0.441 e. The van der Waals surface area contributed by atoms with E-state index < -0.39 is 11.5 Å². The number of esters is 1. The standard InChI is InChI=1S/C10H14F3N3O2S/c1-6(2)8-7(9(17)18-3)14-15-16(8)4-5-19-10(11,12)13/h6H,4-5H2,1-3H3. The number of alkyl halides is 3. The van der Waals surface area contributed by atoms with Crippen molar-refractivity contribution in [2.24, 2.45) is 0 Å². The maximum Gasteiger partial charge on any atom is 0.441 e. The lowest BCUT2D eigenvalue weighted by atomic mass is 10.1. The maximum absolute atomic E-state index is 12.0. The molecule has 0 fully saturated rings. The molecule has 0 aliphatic heterocycles. The Hall–Kier alpha value is -1.25. The van der Waals surface area contributed by atoms with Crippen LogP contribution in [0, 0.1) is 0 Å². The van der Waals surface area contributed by atoms with Gasteiger partial charge in [0.1, 0.15) is 0 Å². The Balaban J connectivity index is 2.84. The van der Waals surface area contributed by atoms with Gasteiger partial charge in [-0.3, -0.25) is 0 Å². The Morgan fingerprint density at radius 1 is 1.47 bits per heavy atom. The van der Waals surface area contributed by atoms with Crippen molar-refractivity contribution in [1.29, 1.82) is 0 Å². The first-order valence-corrected chi connectivity index (χ1v) is 6.47. The topological polar surface area (TPSA) is 57.0 Å². The van der Waals surface area contributed by atoms with E-state index in [9.17, 15) is 18.0 Å². The SMILES string of the molecule is COC(=O)c1nnn(CCSC(F)(F)F)c1C(C)C. The van der Waals surface area contributed by atoms with E-state index in [0.29, 0.717) is 5.69 Å². The summed E-state index contributed by atoms with van der Waals surface area (Å²) in [6, 6.07) is 0. The van der Waals surface area contributed by atoms with Gasteiger partial charge in [0.2, 0.25) is 0 Å². The molecule has 0 saturated carbocycles. The zero-order valence-electron chi connectivity index (χ0n) is 10.7. The van der Waals surface area contributed by atoms with Crippen LogP contribution in [0.15, 0.2) is 0 Å². The summed E-state index contributed by atoms with van der Waals surface area (Å²) in [7, 11) is 1.21. The van der Waals surface area contributed by atoms with Crippen LogP contribution < -0.4 is 0 Å². The van der Waals surface area contributed by atoms with Gasteiger partial charge in [-0.25, -0.2) is 9.48 Å². The molecule has 9 heteroatoms. The van der Waals surface area contributed by atoms with Crippen LogP contribution in [0.25, 0.3) is 0 Å². The third-order valence-electron chi connectivity index (χ3n) is 2.27. The fourth-order valence-electron chi connectivity index (χ4n) is 1.55. The highest BCUT2D eigenvalue weighted by molar-refractivity contribution is 8.00. The number of hydrogen-bond donors (Lipinski definition) is 0. The van der Waals surface area contributed by atoms with E-state index in [-0.39, 0.29) is 35.7 Å². The first-order valence-electron chi connectivity index (χ1n) is 5.48. The molecule has 1 aromatic heterocycles. The summed E-state index contributed by atoms with van der Waals surface area (Å²) in [6.45, 7) is 3.64. The van der Waals surface area contributed by atoms with Gasteiger partial charge in [-0.2, -0.15) is 13.2 Å². The van der Waals surface area contributed by atoms with Crippen molar-refractivity contribution < 1.29 is 22.7 Å². The molecule has 1 rings (SSSR count). The third-order valence-corrected chi connectivity index (χ3v) is 2.98. The number of thioether (sulfide) groups is 1. The Morgan fingerprint density at radius 2 is 2.11 bits per heavy atom. The molecule has 0 spiro atoms. The minimum Gasteiger partial charge on any atom is -0.464 e. The van der Waals surface area contributed by atoms with Gasteiger partial charge in [0.25, 0.3) is 0 Å². The second kappa shape index (κ2) is 6.27. The van der Waals surface area contributed by atoms with Gasteiger partial charge in [0.15, 0.2) is 5.69 Å². The molecule has 108 valence electrons. The van der Waals surface area contributed by atoms with Crippen LogP contribution in [-0.2, 0) is 11.3 Å². The number of carbonyl (C=O) groups excluding carboxylic acids is 1. The average molecular weight is 297 g/mol. The Kier molecular flexibility index (Phi) is 5.21. The average Bonchev–Trinajstić information content (AvgIpc) is 2.70. The molecule has 0 N–H and O–H groups in total. The number of aromatic nitrogens is 3. The van der Waals surface area contributed by atoms with Gasteiger partial charge in [0, 0.05) is 5.75 Å². The molecule has 0 amide bonds. The number of methoxy groups -OCH3 is 1. The Bertz CT molecular complexity index is 446. The van der Waals surface area contributed by atoms with Crippen molar-refractivity contribution >= 4 is 17.7 Å². The molecule has 0 saturated heterocycles. The van der Waals surface area contributed by atoms with E-state index in [1.54, 1.807) is 13.8 Å². The molecule has 0 aromatic carbocycles. The van der Waals surface area contributed by atoms with Crippen molar-refractivity contribution in [3.63, 3.8) is 0 Å². The van der Waals surface area contributed by atoms with E-state index in [0.717, 1.165) is 0 Å². The molecule has 0 aliphatic carbocycles. The predicted octanol–water partition coefficient (Wildman–Crippen LogP) is 2.44. The number of hydrogen-bond acceptors (Lipinski definition) is 5. The van der Waals surface area contributed by atoms with E-state index in [1.807, 2.05) is 0 Å². The number of rotatable bonds is 5. The van der Waals surface area contributed by atoms with Gasteiger partial charge in [-0.1, -0.05) is 19.1 Å². The van der Waals surface area contributed by atoms with Gasteiger partial charge in [-0.05, 0) is 17.7 Å². The van der Waals surface area contributed by atoms with Crippen molar-refractivity contribution in [2.45, 2.75) is 31.8 Å². The normalized spacial score (nSPS) is 11.9. The monoisotopic (exact) mass is 297 g/mol. The fraction of sp³-hybridized carbons (Fsp3) is 0.700. The molecule has 0 bridgehead atoms. The lowest BCUT2D eigenvalue weighted by molar-refractivity contribution is -0.0328. The largest absolute Gasteiger partial charge is 0.464 e. The van der Waals surface area contributed by atoms with Crippen LogP contribution in [0.3, 0.4) is 0 Å². The highest BCUT2D eigenvalue weighted by atomic mass is 32.2. The van der Waals surface area contributed by atoms with Gasteiger partial charge < -0.3 is 4.74 Å². The first-order chi connectivity index (χ1) is 8.76. The first kappa shape index (κ1) is 15.8. The summed E-state index contributed by atoms with van der Waals surface area (Å²) >= 11 is -0.133. The van der Waals surface area contributed by atoms with Gasteiger partial charge >= 0.3 is 11.5 Å². The Morgan fingerprint density at radius 3 is 2.58 bits per heavy atom. The van der Waals surface area contributed by atoms with Crippen LogP contribution >= 0.6 is 11.8 Å². The van der Waals surface area contributed by atoms with Crippen LogP contribution in [0.2, 0.25) is 0 Å². The summed E-state index contributed by atoms with van der Waals surface area (Å²) in [6.07, 6.45) is 0. The minimum absolute atomic E-state index is 0.0294. The number of nitrogens with zero attached hydrogens (tertiary/aromatic N) is 3.